The van der Waals surface area contributed by atoms with Crippen LogP contribution in [0.1, 0.15) is 19.8 Å². The molecular formula is C13H21N3O4. The van der Waals surface area contributed by atoms with E-state index in [0.29, 0.717) is 26.1 Å². The summed E-state index contributed by atoms with van der Waals surface area (Å²) in [5.41, 5.74) is 0. The maximum Gasteiger partial charge on any atom is 0.409 e. The number of rotatable bonds is 6. The van der Waals surface area contributed by atoms with Gasteiger partial charge in [0, 0.05) is 32.1 Å². The fourth-order valence-electron chi connectivity index (χ4n) is 1.93. The van der Waals surface area contributed by atoms with Gasteiger partial charge in [0.1, 0.15) is 0 Å². The first-order valence-corrected chi connectivity index (χ1v) is 6.68. The topological polar surface area (TPSA) is 87.7 Å². The van der Waals surface area contributed by atoms with E-state index < -0.39 is 0 Å². The molecule has 1 aliphatic rings. The van der Waals surface area contributed by atoms with Crippen LogP contribution in [-0.4, -0.2) is 55.1 Å². The number of ether oxygens (including phenoxy) is 1. The number of nitrogens with one attached hydrogen (secondary N) is 2. The van der Waals surface area contributed by atoms with Crippen LogP contribution in [0.2, 0.25) is 0 Å². The summed E-state index contributed by atoms with van der Waals surface area (Å²) in [4.78, 5) is 35.6. The van der Waals surface area contributed by atoms with Crippen molar-refractivity contribution in [3.63, 3.8) is 0 Å². The maximum absolute atomic E-state index is 11.6. The minimum absolute atomic E-state index is 0.0537. The van der Waals surface area contributed by atoms with E-state index in [1.165, 1.54) is 0 Å². The molecule has 1 rings (SSSR count). The molecule has 2 N–H and O–H groups in total. The summed E-state index contributed by atoms with van der Waals surface area (Å²) in [7, 11) is 0. The molecule has 7 heteroatoms. The molecule has 3 amide bonds. The number of carbonyl (C=O) groups excluding carboxylic acids is 3. The third-order valence-corrected chi connectivity index (χ3v) is 2.92. The van der Waals surface area contributed by atoms with Crippen LogP contribution in [0.3, 0.4) is 0 Å². The Hall–Kier alpha value is -2.05. The van der Waals surface area contributed by atoms with Gasteiger partial charge in [0.25, 0.3) is 0 Å². The van der Waals surface area contributed by atoms with Crippen LogP contribution in [-0.2, 0) is 14.3 Å². The van der Waals surface area contributed by atoms with Crippen molar-refractivity contribution < 1.29 is 19.1 Å². The Balaban J connectivity index is 2.22. The first kappa shape index (κ1) is 16.0. The summed E-state index contributed by atoms with van der Waals surface area (Å²) >= 11 is 0. The molecule has 0 radical (unpaired) electrons. The Kier molecular flexibility index (Phi) is 6.55. The molecule has 1 saturated heterocycles. The first-order valence-electron chi connectivity index (χ1n) is 6.68. The molecule has 0 bridgehead atoms. The molecule has 0 aliphatic carbocycles. The molecule has 1 unspecified atom stereocenters. The van der Waals surface area contributed by atoms with E-state index in [9.17, 15) is 14.4 Å². The van der Waals surface area contributed by atoms with Crippen molar-refractivity contribution in [2.75, 3.05) is 26.2 Å². The number of carbonyl (C=O) groups is 3. The predicted octanol–water partition coefficient (Wildman–Crippen LogP) is 0.0257. The zero-order chi connectivity index (χ0) is 15.0. The van der Waals surface area contributed by atoms with Gasteiger partial charge in [0.15, 0.2) is 0 Å². The molecular weight excluding hydrogens is 262 g/mol. The minimum atomic E-state index is -0.345. The van der Waals surface area contributed by atoms with Crippen LogP contribution in [0, 0.1) is 0 Å². The quantitative estimate of drug-likeness (QED) is 0.673. The Labute approximate surface area is 118 Å². The van der Waals surface area contributed by atoms with Crippen molar-refractivity contribution in [3.05, 3.63) is 12.7 Å². The molecule has 0 saturated carbocycles. The van der Waals surface area contributed by atoms with Crippen LogP contribution in [0.4, 0.5) is 4.79 Å². The van der Waals surface area contributed by atoms with Gasteiger partial charge in [0.05, 0.1) is 6.61 Å². The Morgan fingerprint density at radius 3 is 2.85 bits per heavy atom. The van der Waals surface area contributed by atoms with E-state index in [-0.39, 0.29) is 36.9 Å². The fourth-order valence-corrected chi connectivity index (χ4v) is 1.93. The third kappa shape index (κ3) is 5.29. The largest absolute Gasteiger partial charge is 0.450 e. The van der Waals surface area contributed by atoms with Crippen LogP contribution < -0.4 is 10.6 Å². The van der Waals surface area contributed by atoms with Gasteiger partial charge in [-0.2, -0.15) is 0 Å². The van der Waals surface area contributed by atoms with Gasteiger partial charge in [-0.25, -0.2) is 4.79 Å². The standard InChI is InChI=1S/C13H21N3O4/c1-3-11(17)14-7-5-12(18)15-10-6-8-16(9-10)13(19)20-4-2/h3,10H,1,4-9H2,2H3,(H,14,17)(H,15,18). The summed E-state index contributed by atoms with van der Waals surface area (Å²) in [5, 5.41) is 5.36. The monoisotopic (exact) mass is 283 g/mol. The molecule has 1 fully saturated rings. The maximum atomic E-state index is 11.6. The normalized spacial score (nSPS) is 17.4. The van der Waals surface area contributed by atoms with Gasteiger partial charge in [0.2, 0.25) is 11.8 Å². The number of hydrogen-bond acceptors (Lipinski definition) is 4. The highest BCUT2D eigenvalue weighted by Crippen LogP contribution is 2.10. The van der Waals surface area contributed by atoms with E-state index in [4.69, 9.17) is 4.74 Å². The molecule has 0 aromatic carbocycles. The van der Waals surface area contributed by atoms with Crippen LogP contribution >= 0.6 is 0 Å². The average molecular weight is 283 g/mol. The number of hydrogen-bond donors (Lipinski definition) is 2. The SMILES string of the molecule is C=CC(=O)NCCC(=O)NC1CCN(C(=O)OCC)C1. The summed E-state index contributed by atoms with van der Waals surface area (Å²) in [6.07, 6.45) is 1.73. The fraction of sp³-hybridized carbons (Fsp3) is 0.615. The molecule has 1 atom stereocenters. The molecule has 7 nitrogen and oxygen atoms in total. The lowest BCUT2D eigenvalue weighted by Crippen LogP contribution is -2.39. The molecule has 0 spiro atoms. The second kappa shape index (κ2) is 8.19. The van der Waals surface area contributed by atoms with Crippen molar-refractivity contribution in [2.24, 2.45) is 0 Å². The summed E-state index contributed by atoms with van der Waals surface area (Å²) in [6.45, 7) is 6.73. The number of likely N-dealkylation sites (tertiary alicyclic amines) is 1. The molecule has 1 heterocycles. The van der Waals surface area contributed by atoms with Gasteiger partial charge < -0.3 is 20.3 Å². The highest BCUT2D eigenvalue weighted by Gasteiger charge is 2.27. The van der Waals surface area contributed by atoms with E-state index in [1.54, 1.807) is 11.8 Å². The lowest BCUT2D eigenvalue weighted by atomic mass is 10.2. The van der Waals surface area contributed by atoms with Crippen LogP contribution in [0.5, 0.6) is 0 Å². The summed E-state index contributed by atoms with van der Waals surface area (Å²) in [6, 6.07) is -0.0537. The van der Waals surface area contributed by atoms with Gasteiger partial charge in [-0.15, -0.1) is 0 Å². The van der Waals surface area contributed by atoms with Gasteiger partial charge in [-0.1, -0.05) is 6.58 Å². The average Bonchev–Trinajstić information content (AvgIpc) is 2.87. The predicted molar refractivity (Wildman–Crippen MR) is 73.0 cm³/mol. The third-order valence-electron chi connectivity index (χ3n) is 2.92. The van der Waals surface area contributed by atoms with Crippen LogP contribution in [0.15, 0.2) is 12.7 Å². The summed E-state index contributed by atoms with van der Waals surface area (Å²) in [5.74, 6) is -0.447. The lowest BCUT2D eigenvalue weighted by molar-refractivity contribution is -0.121. The van der Waals surface area contributed by atoms with Gasteiger partial charge in [-0.3, -0.25) is 9.59 Å². The van der Waals surface area contributed by atoms with Crippen molar-refractivity contribution in [3.8, 4) is 0 Å². The van der Waals surface area contributed by atoms with Gasteiger partial charge >= 0.3 is 6.09 Å². The second-order valence-electron chi connectivity index (χ2n) is 4.44. The van der Waals surface area contributed by atoms with Crippen molar-refractivity contribution in [2.45, 2.75) is 25.8 Å². The Bertz CT molecular complexity index is 384. The molecule has 0 aromatic rings. The lowest BCUT2D eigenvalue weighted by Gasteiger charge is -2.16. The zero-order valence-corrected chi connectivity index (χ0v) is 11.7. The second-order valence-corrected chi connectivity index (χ2v) is 4.44. The van der Waals surface area contributed by atoms with E-state index in [2.05, 4.69) is 17.2 Å². The van der Waals surface area contributed by atoms with E-state index >= 15 is 0 Å². The van der Waals surface area contributed by atoms with Crippen molar-refractivity contribution >= 4 is 17.9 Å². The van der Waals surface area contributed by atoms with Crippen molar-refractivity contribution in [1.29, 1.82) is 0 Å². The van der Waals surface area contributed by atoms with Crippen molar-refractivity contribution in [1.82, 2.24) is 15.5 Å². The highest BCUT2D eigenvalue weighted by molar-refractivity contribution is 5.87. The molecule has 0 aromatic heterocycles. The van der Waals surface area contributed by atoms with Gasteiger partial charge in [-0.05, 0) is 19.4 Å². The molecule has 112 valence electrons. The smallest absolute Gasteiger partial charge is 0.409 e. The number of nitrogens with zero attached hydrogens (tertiary/aromatic N) is 1. The zero-order valence-electron chi connectivity index (χ0n) is 11.7. The van der Waals surface area contributed by atoms with E-state index in [0.717, 1.165) is 6.08 Å². The Morgan fingerprint density at radius 2 is 2.20 bits per heavy atom. The van der Waals surface area contributed by atoms with Crippen LogP contribution in [0.25, 0.3) is 0 Å². The molecule has 20 heavy (non-hydrogen) atoms. The minimum Gasteiger partial charge on any atom is -0.450 e. The van der Waals surface area contributed by atoms with E-state index in [1.807, 2.05) is 0 Å². The Morgan fingerprint density at radius 1 is 1.45 bits per heavy atom. The molecule has 1 aliphatic heterocycles. The number of amides is 3. The highest BCUT2D eigenvalue weighted by atomic mass is 16.6. The first-order chi connectivity index (χ1) is 9.56. The summed E-state index contributed by atoms with van der Waals surface area (Å²) < 4.78 is 4.90.